The van der Waals surface area contributed by atoms with Crippen LogP contribution in [0.25, 0.3) is 0 Å². The van der Waals surface area contributed by atoms with Gasteiger partial charge in [-0.15, -0.1) is 11.8 Å². The largest absolute Gasteiger partial charge is 0.323 e. The smallest absolute Gasteiger partial charge is 0.307 e. The number of nitrogens with one attached hydrogen (secondary N) is 1. The third-order valence-electron chi connectivity index (χ3n) is 4.19. The second-order valence-corrected chi connectivity index (χ2v) is 6.78. The van der Waals surface area contributed by atoms with Gasteiger partial charge >= 0.3 is 6.03 Å². The van der Waals surface area contributed by atoms with Gasteiger partial charge in [0.05, 0.1) is 0 Å². The van der Waals surface area contributed by atoms with Gasteiger partial charge in [-0.2, -0.15) is 0 Å². The number of urea groups is 1. The summed E-state index contributed by atoms with van der Waals surface area (Å²) in [7, 11) is 0. The van der Waals surface area contributed by atoms with Crippen LogP contribution in [0.15, 0.2) is 48.5 Å². The van der Waals surface area contributed by atoms with E-state index in [1.54, 1.807) is 0 Å². The van der Waals surface area contributed by atoms with Crippen LogP contribution in [-0.2, 0) is 4.87 Å². The number of amides is 2. The van der Waals surface area contributed by atoms with Gasteiger partial charge in [0.25, 0.3) is 0 Å². The topological polar surface area (TPSA) is 32.3 Å². The van der Waals surface area contributed by atoms with Gasteiger partial charge in [-0.05, 0) is 18.6 Å². The van der Waals surface area contributed by atoms with Gasteiger partial charge in [0.2, 0.25) is 0 Å². The first kappa shape index (κ1) is 12.8. The van der Waals surface area contributed by atoms with E-state index in [0.717, 1.165) is 18.0 Å². The summed E-state index contributed by atoms with van der Waals surface area (Å²) in [6.45, 7) is 2.87. The Morgan fingerprint density at radius 2 is 2.05 bits per heavy atom. The third-order valence-corrected chi connectivity index (χ3v) is 5.67. The maximum absolute atomic E-state index is 12.5. The molecule has 1 N–H and O–H groups in total. The molecule has 3 nitrogen and oxygen atoms in total. The van der Waals surface area contributed by atoms with Gasteiger partial charge in [-0.1, -0.05) is 48.0 Å². The first-order chi connectivity index (χ1) is 10.2. The standard InChI is InChI=1S/C17H16N2OS/c1-12-5-4-6-13(11-12)17-14-7-2-3-8-15(14)18-16(20)19(17)9-10-21-17/h2-8,11H,9-10H2,1H3,(H,18,20). The highest BCUT2D eigenvalue weighted by Crippen LogP contribution is 2.54. The van der Waals surface area contributed by atoms with Crippen molar-refractivity contribution in [3.63, 3.8) is 0 Å². The molecule has 2 aromatic carbocycles. The summed E-state index contributed by atoms with van der Waals surface area (Å²) in [5, 5.41) is 3.01. The molecule has 0 radical (unpaired) electrons. The van der Waals surface area contributed by atoms with Crippen LogP contribution < -0.4 is 5.32 Å². The minimum atomic E-state index is -0.384. The zero-order valence-electron chi connectivity index (χ0n) is 11.8. The number of carbonyl (C=O) groups is 1. The fraction of sp³-hybridized carbons (Fsp3) is 0.235. The van der Waals surface area contributed by atoms with Crippen LogP contribution in [0.2, 0.25) is 0 Å². The number of hydrogen-bond acceptors (Lipinski definition) is 2. The fourth-order valence-electron chi connectivity index (χ4n) is 3.31. The van der Waals surface area contributed by atoms with E-state index in [1.807, 2.05) is 34.9 Å². The van der Waals surface area contributed by atoms with Crippen molar-refractivity contribution in [1.29, 1.82) is 0 Å². The molecule has 0 bridgehead atoms. The van der Waals surface area contributed by atoms with Crippen molar-refractivity contribution in [2.24, 2.45) is 0 Å². The number of anilines is 1. The quantitative estimate of drug-likeness (QED) is 0.868. The molecule has 21 heavy (non-hydrogen) atoms. The van der Waals surface area contributed by atoms with Crippen molar-refractivity contribution < 1.29 is 4.79 Å². The number of thioether (sulfide) groups is 1. The lowest BCUT2D eigenvalue weighted by atomic mass is 9.92. The molecule has 1 unspecified atom stereocenters. The first-order valence-electron chi connectivity index (χ1n) is 7.11. The highest BCUT2D eigenvalue weighted by Gasteiger charge is 2.51. The monoisotopic (exact) mass is 296 g/mol. The molecule has 106 valence electrons. The molecular weight excluding hydrogens is 280 g/mol. The van der Waals surface area contributed by atoms with E-state index in [4.69, 9.17) is 0 Å². The van der Waals surface area contributed by atoms with E-state index in [0.29, 0.717) is 0 Å². The molecule has 2 aliphatic rings. The third kappa shape index (κ3) is 1.72. The number of hydrogen-bond donors (Lipinski definition) is 1. The van der Waals surface area contributed by atoms with Crippen LogP contribution in [0.1, 0.15) is 16.7 Å². The summed E-state index contributed by atoms with van der Waals surface area (Å²) in [6.07, 6.45) is 0. The molecule has 2 amide bonds. The summed E-state index contributed by atoms with van der Waals surface area (Å²) in [4.78, 5) is 14.1. The summed E-state index contributed by atoms with van der Waals surface area (Å²) in [5.74, 6) is 0.954. The van der Waals surface area contributed by atoms with Crippen LogP contribution in [0.3, 0.4) is 0 Å². The lowest BCUT2D eigenvalue weighted by Gasteiger charge is -2.43. The Balaban J connectivity index is 2.01. The number of nitrogens with zero attached hydrogens (tertiary/aromatic N) is 1. The molecule has 0 saturated carbocycles. The van der Waals surface area contributed by atoms with Gasteiger partial charge in [0.15, 0.2) is 0 Å². The lowest BCUT2D eigenvalue weighted by Crippen LogP contribution is -2.50. The summed E-state index contributed by atoms with van der Waals surface area (Å²) < 4.78 is 0. The predicted octanol–water partition coefficient (Wildman–Crippen LogP) is 3.79. The minimum absolute atomic E-state index is 0.000191. The van der Waals surface area contributed by atoms with Crippen LogP contribution in [0.4, 0.5) is 10.5 Å². The molecule has 0 aliphatic carbocycles. The average molecular weight is 296 g/mol. The Bertz CT molecular complexity index is 730. The molecule has 0 spiro atoms. The molecule has 1 atom stereocenters. The fourth-order valence-corrected chi connectivity index (χ4v) is 4.83. The van der Waals surface area contributed by atoms with Crippen molar-refractivity contribution in [2.45, 2.75) is 11.8 Å². The van der Waals surface area contributed by atoms with E-state index < -0.39 is 0 Å². The summed E-state index contributed by atoms with van der Waals surface area (Å²) in [5.41, 5.74) is 4.51. The van der Waals surface area contributed by atoms with E-state index in [9.17, 15) is 4.79 Å². The highest BCUT2D eigenvalue weighted by atomic mass is 32.2. The molecule has 1 fully saturated rings. The number of para-hydroxylation sites is 1. The molecule has 4 rings (SSSR count). The molecule has 1 saturated heterocycles. The van der Waals surface area contributed by atoms with Gasteiger partial charge < -0.3 is 10.2 Å². The zero-order valence-corrected chi connectivity index (χ0v) is 12.6. The predicted molar refractivity (Wildman–Crippen MR) is 86.6 cm³/mol. The van der Waals surface area contributed by atoms with Crippen LogP contribution in [-0.4, -0.2) is 23.2 Å². The second-order valence-electron chi connectivity index (χ2n) is 5.49. The van der Waals surface area contributed by atoms with Gasteiger partial charge in [-0.25, -0.2) is 4.79 Å². The molecule has 4 heteroatoms. The maximum atomic E-state index is 12.5. The molecule has 2 aliphatic heterocycles. The van der Waals surface area contributed by atoms with Gasteiger partial charge in [0, 0.05) is 23.5 Å². The normalized spacial score (nSPS) is 23.5. The highest BCUT2D eigenvalue weighted by molar-refractivity contribution is 8.00. The summed E-state index contributed by atoms with van der Waals surface area (Å²) >= 11 is 1.85. The minimum Gasteiger partial charge on any atom is -0.307 e. The van der Waals surface area contributed by atoms with E-state index in [2.05, 4.69) is 42.6 Å². The number of benzene rings is 2. The van der Waals surface area contributed by atoms with Crippen LogP contribution in [0, 0.1) is 6.92 Å². The van der Waals surface area contributed by atoms with Gasteiger partial charge in [-0.3, -0.25) is 0 Å². The lowest BCUT2D eigenvalue weighted by molar-refractivity contribution is 0.195. The van der Waals surface area contributed by atoms with Crippen LogP contribution >= 0.6 is 11.8 Å². The molecular formula is C17H16N2OS. The molecule has 0 aromatic heterocycles. The SMILES string of the molecule is Cc1cccc(C23SCCN2C(=O)Nc2ccccc23)c1. The number of carbonyl (C=O) groups excluding carboxylic acids is 1. The Morgan fingerprint density at radius 3 is 2.90 bits per heavy atom. The Labute approximate surface area is 128 Å². The van der Waals surface area contributed by atoms with Crippen molar-refractivity contribution >= 4 is 23.5 Å². The van der Waals surface area contributed by atoms with Crippen molar-refractivity contribution in [3.05, 3.63) is 65.2 Å². The van der Waals surface area contributed by atoms with Crippen LogP contribution in [0.5, 0.6) is 0 Å². The Hall–Kier alpha value is -1.94. The number of aryl methyl sites for hydroxylation is 1. The van der Waals surface area contributed by atoms with Crippen molar-refractivity contribution in [1.82, 2.24) is 4.90 Å². The molecule has 2 aromatic rings. The Kier molecular flexibility index (Phi) is 2.76. The average Bonchev–Trinajstić information content (AvgIpc) is 2.94. The van der Waals surface area contributed by atoms with E-state index in [1.165, 1.54) is 16.7 Å². The van der Waals surface area contributed by atoms with Crippen molar-refractivity contribution in [2.75, 3.05) is 17.6 Å². The van der Waals surface area contributed by atoms with E-state index in [-0.39, 0.29) is 10.9 Å². The second kappa shape index (κ2) is 4.53. The molecule has 2 heterocycles. The Morgan fingerprint density at radius 1 is 1.19 bits per heavy atom. The zero-order chi connectivity index (χ0) is 14.4. The number of rotatable bonds is 1. The van der Waals surface area contributed by atoms with Gasteiger partial charge in [0.1, 0.15) is 4.87 Å². The maximum Gasteiger partial charge on any atom is 0.323 e. The van der Waals surface area contributed by atoms with Crippen molar-refractivity contribution in [3.8, 4) is 0 Å². The first-order valence-corrected chi connectivity index (χ1v) is 8.09. The number of fused-ring (bicyclic) bond motifs is 3. The van der Waals surface area contributed by atoms with E-state index >= 15 is 0 Å². The summed E-state index contributed by atoms with van der Waals surface area (Å²) in [6, 6.07) is 16.6.